The summed E-state index contributed by atoms with van der Waals surface area (Å²) in [5.74, 6) is 0.00686. The molecule has 1 aliphatic heterocycles. The lowest BCUT2D eigenvalue weighted by molar-refractivity contribution is -0.132. The Morgan fingerprint density at radius 2 is 1.84 bits per heavy atom. The summed E-state index contributed by atoms with van der Waals surface area (Å²) in [4.78, 5) is 29.5. The highest BCUT2D eigenvalue weighted by molar-refractivity contribution is 6.26. The van der Waals surface area contributed by atoms with E-state index in [2.05, 4.69) is 0 Å². The molecule has 0 bridgehead atoms. The van der Waals surface area contributed by atoms with E-state index in [0.717, 1.165) is 29.3 Å². The Bertz CT molecular complexity index is 819. The van der Waals surface area contributed by atoms with Crippen molar-refractivity contribution in [2.75, 3.05) is 18.0 Å². The molecule has 0 radical (unpaired) electrons. The molecule has 2 aromatic rings. The lowest BCUT2D eigenvalue weighted by Gasteiger charge is -2.34. The maximum absolute atomic E-state index is 13.0. The molecule has 1 heterocycles. The molecule has 2 amide bonds. The number of hydrogen-bond donors (Lipinski definition) is 0. The first-order valence-electron chi connectivity index (χ1n) is 9.33. The van der Waals surface area contributed by atoms with Gasteiger partial charge in [-0.15, -0.1) is 0 Å². The van der Waals surface area contributed by atoms with Crippen LogP contribution in [0.3, 0.4) is 0 Å². The quantitative estimate of drug-likeness (QED) is 0.847. The number of carbonyl (C=O) groups excluding carboxylic acids is 2. The summed E-state index contributed by atoms with van der Waals surface area (Å²) in [5, 5.41) is 2.03. The SMILES string of the molecule is CCN(C(=O)CN1C(=O)c2cccc3cccc1c23)C1CCCCC1. The second-order valence-corrected chi connectivity index (χ2v) is 7.04. The number of amides is 2. The first kappa shape index (κ1) is 16.1. The van der Waals surface area contributed by atoms with E-state index in [1.54, 1.807) is 4.90 Å². The zero-order valence-electron chi connectivity index (χ0n) is 14.7. The van der Waals surface area contributed by atoms with Gasteiger partial charge in [-0.05, 0) is 37.3 Å². The standard InChI is InChI=1S/C21H24N2O2/c1-2-22(16-10-4-3-5-11-16)19(24)14-23-18-13-7-9-15-8-6-12-17(20(15)18)21(23)25/h6-9,12-13,16H,2-5,10-11,14H2,1H3. The highest BCUT2D eigenvalue weighted by Gasteiger charge is 2.33. The molecule has 0 N–H and O–H groups in total. The molecule has 0 atom stereocenters. The molecule has 2 aliphatic rings. The molecule has 1 fully saturated rings. The molecular formula is C21H24N2O2. The van der Waals surface area contributed by atoms with Gasteiger partial charge in [0.05, 0.1) is 5.69 Å². The molecule has 1 saturated carbocycles. The fraction of sp³-hybridized carbons (Fsp3) is 0.429. The number of hydrogen-bond acceptors (Lipinski definition) is 2. The van der Waals surface area contributed by atoms with E-state index in [9.17, 15) is 9.59 Å². The predicted octanol–water partition coefficient (Wildman–Crippen LogP) is 3.98. The molecule has 4 heteroatoms. The van der Waals surface area contributed by atoms with Crippen LogP contribution < -0.4 is 4.90 Å². The van der Waals surface area contributed by atoms with Crippen LogP contribution in [0.1, 0.15) is 49.4 Å². The smallest absolute Gasteiger partial charge is 0.259 e. The van der Waals surface area contributed by atoms with Gasteiger partial charge >= 0.3 is 0 Å². The number of rotatable bonds is 4. The van der Waals surface area contributed by atoms with Gasteiger partial charge < -0.3 is 4.90 Å². The third-order valence-corrected chi connectivity index (χ3v) is 5.62. The Hall–Kier alpha value is -2.36. The second kappa shape index (κ2) is 6.51. The molecular weight excluding hydrogens is 312 g/mol. The summed E-state index contributed by atoms with van der Waals surface area (Å²) in [7, 11) is 0. The topological polar surface area (TPSA) is 40.6 Å². The third-order valence-electron chi connectivity index (χ3n) is 5.62. The van der Waals surface area contributed by atoms with Crippen LogP contribution in [-0.2, 0) is 4.79 Å². The molecule has 1 aliphatic carbocycles. The van der Waals surface area contributed by atoms with Crippen molar-refractivity contribution < 1.29 is 9.59 Å². The summed E-state index contributed by atoms with van der Waals surface area (Å²) >= 11 is 0. The van der Waals surface area contributed by atoms with Gasteiger partial charge in [0.2, 0.25) is 5.91 Å². The van der Waals surface area contributed by atoms with Gasteiger partial charge in [-0.25, -0.2) is 0 Å². The summed E-state index contributed by atoms with van der Waals surface area (Å²) in [6, 6.07) is 12.0. The van der Waals surface area contributed by atoms with E-state index in [0.29, 0.717) is 18.2 Å². The second-order valence-electron chi connectivity index (χ2n) is 7.04. The molecule has 25 heavy (non-hydrogen) atoms. The molecule has 4 nitrogen and oxygen atoms in total. The van der Waals surface area contributed by atoms with Crippen LogP contribution >= 0.6 is 0 Å². The minimum Gasteiger partial charge on any atom is -0.338 e. The first-order chi connectivity index (χ1) is 12.2. The minimum atomic E-state index is -0.0557. The normalized spacial score (nSPS) is 17.3. The van der Waals surface area contributed by atoms with Crippen molar-refractivity contribution in [2.45, 2.75) is 45.1 Å². The van der Waals surface area contributed by atoms with E-state index in [1.165, 1.54) is 19.3 Å². The molecule has 130 valence electrons. The molecule has 2 aromatic carbocycles. The van der Waals surface area contributed by atoms with Gasteiger partial charge in [0.25, 0.3) is 5.91 Å². The van der Waals surface area contributed by atoms with Gasteiger partial charge in [0, 0.05) is 23.5 Å². The molecule has 4 rings (SSSR count). The van der Waals surface area contributed by atoms with Gasteiger partial charge in [-0.1, -0.05) is 43.5 Å². The lowest BCUT2D eigenvalue weighted by atomic mass is 9.94. The predicted molar refractivity (Wildman–Crippen MR) is 99.9 cm³/mol. The Balaban J connectivity index is 1.60. The van der Waals surface area contributed by atoms with E-state index < -0.39 is 0 Å². The van der Waals surface area contributed by atoms with Crippen LogP contribution in [0, 0.1) is 0 Å². The van der Waals surface area contributed by atoms with Crippen molar-refractivity contribution >= 4 is 28.3 Å². The fourth-order valence-electron chi connectivity index (χ4n) is 4.39. The van der Waals surface area contributed by atoms with Gasteiger partial charge in [0.15, 0.2) is 0 Å². The zero-order chi connectivity index (χ0) is 17.4. The van der Waals surface area contributed by atoms with E-state index >= 15 is 0 Å². The van der Waals surface area contributed by atoms with E-state index in [1.807, 2.05) is 48.2 Å². The number of nitrogens with zero attached hydrogens (tertiary/aromatic N) is 2. The van der Waals surface area contributed by atoms with Crippen LogP contribution in [0.5, 0.6) is 0 Å². The third kappa shape index (κ3) is 2.70. The first-order valence-corrected chi connectivity index (χ1v) is 9.33. The van der Waals surface area contributed by atoms with Crippen LogP contribution in [-0.4, -0.2) is 35.8 Å². The summed E-state index contributed by atoms with van der Waals surface area (Å²) in [6.45, 7) is 2.88. The monoisotopic (exact) mass is 336 g/mol. The summed E-state index contributed by atoms with van der Waals surface area (Å²) in [6.07, 6.45) is 5.83. The van der Waals surface area contributed by atoms with E-state index in [4.69, 9.17) is 0 Å². The number of benzene rings is 2. The van der Waals surface area contributed by atoms with Crippen molar-refractivity contribution in [2.24, 2.45) is 0 Å². The average Bonchev–Trinajstić information content (AvgIpc) is 2.91. The van der Waals surface area contributed by atoms with Crippen molar-refractivity contribution in [3.05, 3.63) is 42.0 Å². The van der Waals surface area contributed by atoms with Crippen LogP contribution in [0.2, 0.25) is 0 Å². The minimum absolute atomic E-state index is 0.0557. The maximum atomic E-state index is 13.0. The van der Waals surface area contributed by atoms with Crippen molar-refractivity contribution in [1.82, 2.24) is 4.90 Å². The van der Waals surface area contributed by atoms with Crippen molar-refractivity contribution in [3.63, 3.8) is 0 Å². The maximum Gasteiger partial charge on any atom is 0.259 e. The number of anilines is 1. The molecule has 0 spiro atoms. The highest BCUT2D eigenvalue weighted by atomic mass is 16.2. The van der Waals surface area contributed by atoms with Crippen LogP contribution in [0.25, 0.3) is 10.8 Å². The lowest BCUT2D eigenvalue weighted by Crippen LogP contribution is -2.47. The van der Waals surface area contributed by atoms with Gasteiger partial charge in [0.1, 0.15) is 6.54 Å². The molecule has 0 unspecified atom stereocenters. The molecule has 0 saturated heterocycles. The zero-order valence-corrected chi connectivity index (χ0v) is 14.7. The van der Waals surface area contributed by atoms with E-state index in [-0.39, 0.29) is 18.4 Å². The Labute approximate surface area is 148 Å². The van der Waals surface area contributed by atoms with Crippen LogP contribution in [0.4, 0.5) is 5.69 Å². The summed E-state index contributed by atoms with van der Waals surface area (Å²) in [5.41, 5.74) is 1.58. The van der Waals surface area contributed by atoms with Crippen molar-refractivity contribution in [3.8, 4) is 0 Å². The average molecular weight is 336 g/mol. The number of carbonyl (C=O) groups is 2. The molecule has 0 aromatic heterocycles. The Kier molecular flexibility index (Phi) is 4.20. The highest BCUT2D eigenvalue weighted by Crippen LogP contribution is 2.37. The fourth-order valence-corrected chi connectivity index (χ4v) is 4.39. The van der Waals surface area contributed by atoms with Crippen molar-refractivity contribution in [1.29, 1.82) is 0 Å². The Morgan fingerprint density at radius 1 is 1.12 bits per heavy atom. The Morgan fingerprint density at radius 3 is 2.56 bits per heavy atom. The number of likely N-dealkylation sites (N-methyl/N-ethyl adjacent to an activating group) is 1. The summed E-state index contributed by atoms with van der Waals surface area (Å²) < 4.78 is 0. The van der Waals surface area contributed by atoms with Crippen LogP contribution in [0.15, 0.2) is 36.4 Å². The largest absolute Gasteiger partial charge is 0.338 e. The van der Waals surface area contributed by atoms with Gasteiger partial charge in [-0.3, -0.25) is 14.5 Å². The van der Waals surface area contributed by atoms with Gasteiger partial charge in [-0.2, -0.15) is 0 Å².